The number of ether oxygens (including phenoxy) is 3. The molecule has 5 rings (SSSR count). The van der Waals surface area contributed by atoms with E-state index in [1.54, 1.807) is 0 Å². The third-order valence-electron chi connectivity index (χ3n) is 5.92. The summed E-state index contributed by atoms with van der Waals surface area (Å²) in [5, 5.41) is 4.81. The van der Waals surface area contributed by atoms with Crippen LogP contribution >= 0.6 is 0 Å². The molecule has 4 aromatic rings. The molecule has 1 amide bonds. The van der Waals surface area contributed by atoms with E-state index in [1.807, 2.05) is 42.5 Å². The van der Waals surface area contributed by atoms with Gasteiger partial charge in [0.05, 0.1) is 17.1 Å². The molecular formula is C28H25FN2O6S. The van der Waals surface area contributed by atoms with Crippen LogP contribution < -0.4 is 23.8 Å². The summed E-state index contributed by atoms with van der Waals surface area (Å²) in [6.45, 7) is 0.494. The molecule has 0 unspecified atom stereocenters. The number of amides is 1. The van der Waals surface area contributed by atoms with E-state index >= 15 is 0 Å². The van der Waals surface area contributed by atoms with Crippen LogP contribution in [0.4, 0.5) is 10.1 Å². The Morgan fingerprint density at radius 2 is 1.63 bits per heavy atom. The summed E-state index contributed by atoms with van der Waals surface area (Å²) in [5.74, 6) is 0.324. The summed E-state index contributed by atoms with van der Waals surface area (Å²) in [7, 11) is -4.21. The van der Waals surface area contributed by atoms with E-state index in [0.717, 1.165) is 27.2 Å². The number of anilines is 1. The van der Waals surface area contributed by atoms with E-state index in [2.05, 4.69) is 5.32 Å². The molecule has 0 fully saturated rings. The topological polar surface area (TPSA) is 94.2 Å². The first kappa shape index (κ1) is 25.3. The Labute approximate surface area is 219 Å². The highest BCUT2D eigenvalue weighted by molar-refractivity contribution is 7.92. The summed E-state index contributed by atoms with van der Waals surface area (Å²) in [6.07, 6.45) is 0. The number of sulfonamides is 1. The van der Waals surface area contributed by atoms with Gasteiger partial charge in [0.15, 0.2) is 11.5 Å². The first-order valence-corrected chi connectivity index (χ1v) is 13.4. The third kappa shape index (κ3) is 5.65. The molecule has 0 aliphatic carbocycles. The van der Waals surface area contributed by atoms with Crippen molar-refractivity contribution in [3.05, 3.63) is 90.7 Å². The number of nitrogens with one attached hydrogen (secondary N) is 1. The minimum Gasteiger partial charge on any atom is -0.492 e. The SMILES string of the molecule is O=C(CN(c1ccc(F)cc1)S(=O)(=O)c1ccc2c(c1)OCCO2)NCCOc1ccc2ccccc2c1. The fourth-order valence-electron chi connectivity index (χ4n) is 4.04. The van der Waals surface area contributed by atoms with Crippen molar-refractivity contribution < 1.29 is 31.8 Å². The average Bonchev–Trinajstić information content (AvgIpc) is 2.94. The average molecular weight is 537 g/mol. The second kappa shape index (κ2) is 11.0. The first-order valence-electron chi connectivity index (χ1n) is 12.0. The van der Waals surface area contributed by atoms with E-state index in [1.165, 1.54) is 30.3 Å². The number of hydrogen-bond acceptors (Lipinski definition) is 6. The summed E-state index contributed by atoms with van der Waals surface area (Å²) in [6, 6.07) is 22.7. The van der Waals surface area contributed by atoms with Crippen LogP contribution in [-0.2, 0) is 14.8 Å². The van der Waals surface area contributed by atoms with Gasteiger partial charge in [-0.1, -0.05) is 30.3 Å². The van der Waals surface area contributed by atoms with Gasteiger partial charge in [-0.05, 0) is 59.3 Å². The van der Waals surface area contributed by atoms with Crippen LogP contribution in [0, 0.1) is 5.82 Å². The number of carbonyl (C=O) groups is 1. The van der Waals surface area contributed by atoms with Crippen molar-refractivity contribution in [2.45, 2.75) is 4.90 Å². The molecule has 0 atom stereocenters. The van der Waals surface area contributed by atoms with Crippen molar-refractivity contribution in [1.29, 1.82) is 0 Å². The number of rotatable bonds is 9. The Morgan fingerprint density at radius 3 is 2.42 bits per heavy atom. The summed E-state index contributed by atoms with van der Waals surface area (Å²) in [4.78, 5) is 12.7. The maximum atomic E-state index is 13.6. The van der Waals surface area contributed by atoms with E-state index in [4.69, 9.17) is 14.2 Å². The van der Waals surface area contributed by atoms with Crippen molar-refractivity contribution in [1.82, 2.24) is 5.32 Å². The lowest BCUT2D eigenvalue weighted by Crippen LogP contribution is -2.42. The molecule has 1 heterocycles. The highest BCUT2D eigenvalue weighted by Crippen LogP contribution is 2.34. The Balaban J connectivity index is 1.27. The molecule has 0 radical (unpaired) electrons. The Morgan fingerprint density at radius 1 is 0.895 bits per heavy atom. The maximum Gasteiger partial charge on any atom is 0.264 e. The lowest BCUT2D eigenvalue weighted by molar-refractivity contribution is -0.119. The maximum absolute atomic E-state index is 13.6. The zero-order valence-corrected chi connectivity index (χ0v) is 21.1. The number of halogens is 1. The second-order valence-electron chi connectivity index (χ2n) is 8.50. The molecule has 1 N–H and O–H groups in total. The van der Waals surface area contributed by atoms with Crippen molar-refractivity contribution >= 4 is 32.4 Å². The third-order valence-corrected chi connectivity index (χ3v) is 7.69. The van der Waals surface area contributed by atoms with Gasteiger partial charge in [-0.2, -0.15) is 0 Å². The second-order valence-corrected chi connectivity index (χ2v) is 10.4. The van der Waals surface area contributed by atoms with Crippen molar-refractivity contribution in [3.63, 3.8) is 0 Å². The molecule has 0 saturated carbocycles. The smallest absolute Gasteiger partial charge is 0.264 e. The number of hydrogen-bond donors (Lipinski definition) is 1. The monoisotopic (exact) mass is 536 g/mol. The summed E-state index contributed by atoms with van der Waals surface area (Å²) >= 11 is 0. The predicted molar refractivity (Wildman–Crippen MR) is 141 cm³/mol. The zero-order chi connectivity index (χ0) is 26.5. The Kier molecular flexibility index (Phi) is 7.32. The fourth-order valence-corrected chi connectivity index (χ4v) is 5.47. The van der Waals surface area contributed by atoms with Gasteiger partial charge >= 0.3 is 0 Å². The molecule has 0 bridgehead atoms. The largest absolute Gasteiger partial charge is 0.492 e. The highest BCUT2D eigenvalue weighted by atomic mass is 32.2. The fraction of sp³-hybridized carbons (Fsp3) is 0.179. The Bertz CT molecular complexity index is 1560. The lowest BCUT2D eigenvalue weighted by Gasteiger charge is -2.25. The van der Waals surface area contributed by atoms with Crippen LogP contribution in [0.3, 0.4) is 0 Å². The van der Waals surface area contributed by atoms with Crippen LogP contribution in [-0.4, -0.2) is 47.2 Å². The van der Waals surface area contributed by atoms with Crippen LogP contribution in [0.5, 0.6) is 17.2 Å². The van der Waals surface area contributed by atoms with E-state index in [0.29, 0.717) is 30.5 Å². The van der Waals surface area contributed by atoms with Crippen molar-refractivity contribution in [3.8, 4) is 17.2 Å². The first-order chi connectivity index (χ1) is 18.4. The van der Waals surface area contributed by atoms with Gasteiger partial charge in [-0.25, -0.2) is 12.8 Å². The number of benzene rings is 4. The molecule has 1 aliphatic heterocycles. The van der Waals surface area contributed by atoms with Crippen LogP contribution in [0.2, 0.25) is 0 Å². The van der Waals surface area contributed by atoms with Gasteiger partial charge in [0, 0.05) is 6.07 Å². The molecule has 1 aliphatic rings. The zero-order valence-electron chi connectivity index (χ0n) is 20.3. The number of fused-ring (bicyclic) bond motifs is 2. The molecule has 0 aromatic heterocycles. The molecule has 0 spiro atoms. The van der Waals surface area contributed by atoms with Gasteiger partial charge in [-0.15, -0.1) is 0 Å². The minimum absolute atomic E-state index is 0.0847. The van der Waals surface area contributed by atoms with Crippen LogP contribution in [0.25, 0.3) is 10.8 Å². The number of carbonyl (C=O) groups excluding carboxylic acids is 1. The van der Waals surface area contributed by atoms with Crippen LogP contribution in [0.1, 0.15) is 0 Å². The molecule has 0 saturated heterocycles. The van der Waals surface area contributed by atoms with Gasteiger partial charge in [0.25, 0.3) is 10.0 Å². The van der Waals surface area contributed by atoms with Crippen molar-refractivity contribution in [2.24, 2.45) is 0 Å². The van der Waals surface area contributed by atoms with Crippen LogP contribution in [0.15, 0.2) is 89.8 Å². The van der Waals surface area contributed by atoms with E-state index < -0.39 is 28.3 Å². The van der Waals surface area contributed by atoms with E-state index in [9.17, 15) is 17.6 Å². The quantitative estimate of drug-likeness (QED) is 0.323. The molecule has 38 heavy (non-hydrogen) atoms. The summed E-state index contributed by atoms with van der Waals surface area (Å²) in [5.41, 5.74) is 0.142. The van der Waals surface area contributed by atoms with Gasteiger partial charge in [0.1, 0.15) is 37.9 Å². The normalized spacial score (nSPS) is 12.7. The Hall–Kier alpha value is -4.31. The minimum atomic E-state index is -4.21. The molecule has 196 valence electrons. The van der Waals surface area contributed by atoms with Gasteiger partial charge < -0.3 is 19.5 Å². The van der Waals surface area contributed by atoms with Gasteiger partial charge in [0.2, 0.25) is 5.91 Å². The molecule has 4 aromatic carbocycles. The predicted octanol–water partition coefficient (Wildman–Crippen LogP) is 4.14. The molecule has 10 heteroatoms. The number of nitrogens with zero attached hydrogens (tertiary/aromatic N) is 1. The highest BCUT2D eigenvalue weighted by Gasteiger charge is 2.29. The van der Waals surface area contributed by atoms with Gasteiger partial charge in [-0.3, -0.25) is 9.10 Å². The van der Waals surface area contributed by atoms with Crippen molar-refractivity contribution in [2.75, 3.05) is 37.2 Å². The van der Waals surface area contributed by atoms with E-state index in [-0.39, 0.29) is 23.7 Å². The molecular weight excluding hydrogens is 511 g/mol. The molecule has 8 nitrogen and oxygen atoms in total. The standard InChI is InChI=1S/C28H25FN2O6S/c29-22-6-8-23(9-7-22)31(38(33,34)25-11-12-26-27(18-25)37-16-15-36-26)19-28(32)30-13-14-35-24-10-5-20-3-1-2-4-21(20)17-24/h1-12,17-18H,13-16,19H2,(H,30,32). The lowest BCUT2D eigenvalue weighted by atomic mass is 10.1. The summed E-state index contributed by atoms with van der Waals surface area (Å²) < 4.78 is 58.4.